The molecule has 0 amide bonds. The van der Waals surface area contributed by atoms with Crippen LogP contribution < -0.4 is 20.9 Å². The van der Waals surface area contributed by atoms with Gasteiger partial charge in [-0.1, -0.05) is 12.1 Å². The van der Waals surface area contributed by atoms with E-state index in [1.54, 1.807) is 6.07 Å². The van der Waals surface area contributed by atoms with Crippen LogP contribution in [-0.4, -0.2) is 29.1 Å². The molecule has 0 saturated carbocycles. The van der Waals surface area contributed by atoms with Crippen LogP contribution in [0.4, 0.5) is 11.9 Å². The average Bonchev–Trinajstić information content (AvgIpc) is 2.54. The molecular formula is C13H15N7O. The predicted molar refractivity (Wildman–Crippen MR) is 77.5 cm³/mol. The number of nitrogens with two attached hydrogens (primary N) is 1. The van der Waals surface area contributed by atoms with Crippen LogP contribution in [0.2, 0.25) is 0 Å². The van der Waals surface area contributed by atoms with E-state index in [2.05, 4.69) is 26.4 Å². The van der Waals surface area contributed by atoms with Gasteiger partial charge in [0.15, 0.2) is 0 Å². The number of hydrogen-bond donors (Lipinski definition) is 2. The summed E-state index contributed by atoms with van der Waals surface area (Å²) < 4.78 is 5.01. The van der Waals surface area contributed by atoms with Gasteiger partial charge in [0.25, 0.3) is 0 Å². The second-order valence-corrected chi connectivity index (χ2v) is 4.26. The minimum Gasteiger partial charge on any atom is -0.467 e. The Hall–Kier alpha value is -2.92. The molecule has 1 heterocycles. The standard InChI is InChI=1S/C13H15N7O/c1-20(8-10-5-3-4-9(6-10)7-14)12-16-11(19-15)17-13(18-12)21-2/h3-6H,8,15H2,1-2H3,(H,16,17,18,19). The third-order valence-electron chi connectivity index (χ3n) is 2.73. The Morgan fingerprint density at radius 3 is 2.86 bits per heavy atom. The maximum absolute atomic E-state index is 8.91. The highest BCUT2D eigenvalue weighted by Gasteiger charge is 2.11. The first-order chi connectivity index (χ1) is 10.2. The van der Waals surface area contributed by atoms with Crippen LogP contribution in [0.1, 0.15) is 11.1 Å². The zero-order valence-corrected chi connectivity index (χ0v) is 11.7. The quantitative estimate of drug-likeness (QED) is 0.609. The van der Waals surface area contributed by atoms with Crippen molar-refractivity contribution in [2.75, 3.05) is 24.5 Å². The van der Waals surface area contributed by atoms with Crippen LogP contribution >= 0.6 is 0 Å². The number of nitrogen functional groups attached to an aromatic ring is 1. The number of ether oxygens (including phenoxy) is 1. The predicted octanol–water partition coefficient (Wildman–Crippen LogP) is 0.674. The largest absolute Gasteiger partial charge is 0.467 e. The topological polar surface area (TPSA) is 113 Å². The smallest absolute Gasteiger partial charge is 0.322 e. The molecule has 21 heavy (non-hydrogen) atoms. The molecular weight excluding hydrogens is 270 g/mol. The first-order valence-electron chi connectivity index (χ1n) is 6.13. The molecule has 8 nitrogen and oxygen atoms in total. The van der Waals surface area contributed by atoms with Gasteiger partial charge in [0.05, 0.1) is 18.7 Å². The van der Waals surface area contributed by atoms with Gasteiger partial charge in [0.1, 0.15) is 0 Å². The van der Waals surface area contributed by atoms with Gasteiger partial charge >= 0.3 is 6.01 Å². The lowest BCUT2D eigenvalue weighted by molar-refractivity contribution is 0.379. The highest BCUT2D eigenvalue weighted by atomic mass is 16.5. The third-order valence-corrected chi connectivity index (χ3v) is 2.73. The van der Waals surface area contributed by atoms with Crippen molar-refractivity contribution in [3.05, 3.63) is 35.4 Å². The minimum atomic E-state index is 0.172. The number of nitrogens with zero attached hydrogens (tertiary/aromatic N) is 5. The molecule has 0 saturated heterocycles. The number of anilines is 2. The number of hydrazine groups is 1. The molecule has 0 fully saturated rings. The second-order valence-electron chi connectivity index (χ2n) is 4.26. The molecule has 2 rings (SSSR count). The number of methoxy groups -OCH3 is 1. The first kappa shape index (κ1) is 14.5. The molecule has 0 aliphatic carbocycles. The molecule has 0 bridgehead atoms. The SMILES string of the molecule is COc1nc(NN)nc(N(C)Cc2cccc(C#N)c2)n1. The van der Waals surface area contributed by atoms with Crippen molar-refractivity contribution in [3.8, 4) is 12.1 Å². The van der Waals surface area contributed by atoms with Crippen LogP contribution in [0.3, 0.4) is 0 Å². The molecule has 8 heteroatoms. The number of benzene rings is 1. The summed E-state index contributed by atoms with van der Waals surface area (Å²) in [7, 11) is 3.30. The molecule has 3 N–H and O–H groups in total. The van der Waals surface area contributed by atoms with E-state index >= 15 is 0 Å². The van der Waals surface area contributed by atoms with Crippen LogP contribution in [0, 0.1) is 11.3 Å². The van der Waals surface area contributed by atoms with Gasteiger partial charge in [-0.2, -0.15) is 20.2 Å². The monoisotopic (exact) mass is 285 g/mol. The van der Waals surface area contributed by atoms with Crippen molar-refractivity contribution in [2.45, 2.75) is 6.54 Å². The Kier molecular flexibility index (Phi) is 4.48. The van der Waals surface area contributed by atoms with Crippen molar-refractivity contribution < 1.29 is 4.74 Å². The molecule has 0 spiro atoms. The van der Waals surface area contributed by atoms with Crippen molar-refractivity contribution in [1.82, 2.24) is 15.0 Å². The lowest BCUT2D eigenvalue weighted by Crippen LogP contribution is -2.21. The Morgan fingerprint density at radius 2 is 2.19 bits per heavy atom. The van der Waals surface area contributed by atoms with E-state index in [0.29, 0.717) is 18.1 Å². The summed E-state index contributed by atoms with van der Waals surface area (Å²) >= 11 is 0. The van der Waals surface area contributed by atoms with Gasteiger partial charge in [0, 0.05) is 13.6 Å². The molecule has 0 unspecified atom stereocenters. The van der Waals surface area contributed by atoms with Crippen LogP contribution in [0.5, 0.6) is 6.01 Å². The average molecular weight is 285 g/mol. The van der Waals surface area contributed by atoms with Crippen molar-refractivity contribution in [1.29, 1.82) is 5.26 Å². The summed E-state index contributed by atoms with van der Waals surface area (Å²) in [6.45, 7) is 0.534. The maximum atomic E-state index is 8.91. The van der Waals surface area contributed by atoms with Crippen molar-refractivity contribution in [2.24, 2.45) is 5.84 Å². The van der Waals surface area contributed by atoms with E-state index in [9.17, 15) is 0 Å². The highest BCUT2D eigenvalue weighted by molar-refractivity contribution is 5.39. The molecule has 2 aromatic rings. The Bertz CT molecular complexity index is 646. The fraction of sp³-hybridized carbons (Fsp3) is 0.231. The molecule has 1 aromatic heterocycles. The zero-order chi connectivity index (χ0) is 15.2. The van der Waals surface area contributed by atoms with Crippen LogP contribution in [0.25, 0.3) is 0 Å². The summed E-state index contributed by atoms with van der Waals surface area (Å²) in [5.41, 5.74) is 3.95. The fourth-order valence-electron chi connectivity index (χ4n) is 1.76. The number of nitriles is 1. The van der Waals surface area contributed by atoms with Gasteiger partial charge in [-0.05, 0) is 17.7 Å². The Balaban J connectivity index is 2.23. The number of aromatic nitrogens is 3. The Morgan fingerprint density at radius 1 is 1.38 bits per heavy atom. The molecule has 0 aliphatic rings. The van der Waals surface area contributed by atoms with Gasteiger partial charge in [-0.25, -0.2) is 5.84 Å². The minimum absolute atomic E-state index is 0.172. The lowest BCUT2D eigenvalue weighted by atomic mass is 10.1. The summed E-state index contributed by atoms with van der Waals surface area (Å²) in [4.78, 5) is 14.1. The van der Waals surface area contributed by atoms with E-state index in [1.165, 1.54) is 7.11 Å². The van der Waals surface area contributed by atoms with E-state index < -0.39 is 0 Å². The number of hydrogen-bond acceptors (Lipinski definition) is 8. The number of nitrogens with one attached hydrogen (secondary N) is 1. The third kappa shape index (κ3) is 3.55. The summed E-state index contributed by atoms with van der Waals surface area (Å²) in [5, 5.41) is 8.91. The molecule has 108 valence electrons. The van der Waals surface area contributed by atoms with E-state index in [0.717, 1.165) is 5.56 Å². The van der Waals surface area contributed by atoms with E-state index in [-0.39, 0.29) is 12.0 Å². The first-order valence-corrected chi connectivity index (χ1v) is 6.13. The molecule has 0 atom stereocenters. The van der Waals surface area contributed by atoms with Gasteiger partial charge in [-0.15, -0.1) is 0 Å². The second kappa shape index (κ2) is 6.49. The van der Waals surface area contributed by atoms with E-state index in [1.807, 2.05) is 30.1 Å². The van der Waals surface area contributed by atoms with Crippen molar-refractivity contribution >= 4 is 11.9 Å². The number of rotatable bonds is 5. The molecule has 1 aromatic carbocycles. The van der Waals surface area contributed by atoms with E-state index in [4.69, 9.17) is 15.8 Å². The van der Waals surface area contributed by atoms with Crippen LogP contribution in [0.15, 0.2) is 24.3 Å². The Labute approximate surface area is 122 Å². The van der Waals surface area contributed by atoms with Gasteiger partial charge < -0.3 is 9.64 Å². The maximum Gasteiger partial charge on any atom is 0.322 e. The van der Waals surface area contributed by atoms with Crippen LogP contribution in [-0.2, 0) is 6.54 Å². The van der Waals surface area contributed by atoms with Crippen molar-refractivity contribution in [3.63, 3.8) is 0 Å². The summed E-state index contributed by atoms with van der Waals surface area (Å²) in [6, 6.07) is 9.62. The van der Waals surface area contributed by atoms with Gasteiger partial charge in [-0.3, -0.25) is 5.43 Å². The summed E-state index contributed by atoms with van der Waals surface area (Å²) in [6.07, 6.45) is 0. The molecule has 0 aliphatic heterocycles. The van der Waals surface area contributed by atoms with Gasteiger partial charge in [0.2, 0.25) is 11.9 Å². The zero-order valence-electron chi connectivity index (χ0n) is 11.7. The molecule has 0 radical (unpaired) electrons. The summed E-state index contributed by atoms with van der Waals surface area (Å²) in [5.74, 6) is 5.95. The normalized spacial score (nSPS) is 9.81. The highest BCUT2D eigenvalue weighted by Crippen LogP contribution is 2.16. The fourth-order valence-corrected chi connectivity index (χ4v) is 1.76. The lowest BCUT2D eigenvalue weighted by Gasteiger charge is -2.18.